The molecular weight excluding hydrogens is 249 g/mol. The molecule has 0 aromatic carbocycles. The maximum absolute atomic E-state index is 12.4. The van der Waals surface area contributed by atoms with Crippen LogP contribution in [0.15, 0.2) is 0 Å². The van der Waals surface area contributed by atoms with Crippen LogP contribution in [-0.2, 0) is 11.3 Å². The first-order valence-corrected chi connectivity index (χ1v) is 5.36. The van der Waals surface area contributed by atoms with Crippen LogP contribution in [0.4, 0.5) is 13.2 Å². The van der Waals surface area contributed by atoms with E-state index in [1.54, 1.807) is 6.92 Å². The number of halogens is 3. The van der Waals surface area contributed by atoms with Crippen LogP contribution in [0, 0.1) is 13.8 Å². The third kappa shape index (κ3) is 2.90. The molecule has 0 saturated carbocycles. The number of aromatic nitrogens is 2. The van der Waals surface area contributed by atoms with Crippen LogP contribution in [0.5, 0.6) is 0 Å². The van der Waals surface area contributed by atoms with Crippen molar-refractivity contribution < 1.29 is 22.7 Å². The van der Waals surface area contributed by atoms with Gasteiger partial charge in [-0.25, -0.2) is 0 Å². The van der Waals surface area contributed by atoms with Crippen molar-refractivity contribution in [3.8, 4) is 0 Å². The van der Waals surface area contributed by atoms with E-state index in [9.17, 15) is 18.0 Å². The number of alkyl halides is 3. The molecular formula is C11H15F3N2O2. The van der Waals surface area contributed by atoms with E-state index in [0.717, 1.165) is 0 Å². The Hall–Kier alpha value is -1.37. The van der Waals surface area contributed by atoms with Gasteiger partial charge in [0.2, 0.25) is 0 Å². The average Bonchev–Trinajstić information content (AvgIpc) is 2.52. The van der Waals surface area contributed by atoms with Gasteiger partial charge >= 0.3 is 6.18 Å². The van der Waals surface area contributed by atoms with E-state index >= 15 is 0 Å². The first-order chi connectivity index (χ1) is 8.18. The van der Waals surface area contributed by atoms with Crippen molar-refractivity contribution in [2.75, 3.05) is 7.11 Å². The summed E-state index contributed by atoms with van der Waals surface area (Å²) in [5, 5.41) is 3.95. The molecule has 0 N–H and O–H groups in total. The standard InChI is InChI=1S/C11H15F3N2O2/c1-6(18-4)5-16-8(3)9(7(2)15-16)10(17)11(12,13)14/h6H,5H2,1-4H3. The summed E-state index contributed by atoms with van der Waals surface area (Å²) in [5.41, 5.74) is -0.0809. The second-order valence-electron chi connectivity index (χ2n) is 4.10. The lowest BCUT2D eigenvalue weighted by atomic mass is 10.1. The zero-order valence-electron chi connectivity index (χ0n) is 10.6. The highest BCUT2D eigenvalue weighted by Crippen LogP contribution is 2.25. The number of rotatable bonds is 4. The average molecular weight is 264 g/mol. The Kier molecular flexibility index (Phi) is 4.16. The summed E-state index contributed by atoms with van der Waals surface area (Å²) < 4.78 is 43.6. The van der Waals surface area contributed by atoms with Crippen molar-refractivity contribution in [1.82, 2.24) is 9.78 Å². The maximum Gasteiger partial charge on any atom is 0.455 e. The smallest absolute Gasteiger partial charge is 0.380 e. The monoisotopic (exact) mass is 264 g/mol. The third-order valence-electron chi connectivity index (χ3n) is 2.70. The number of ketones is 1. The van der Waals surface area contributed by atoms with E-state index in [1.807, 2.05) is 0 Å². The molecule has 0 aliphatic heterocycles. The van der Waals surface area contributed by atoms with Crippen LogP contribution in [0.2, 0.25) is 0 Å². The van der Waals surface area contributed by atoms with E-state index in [0.29, 0.717) is 6.54 Å². The Balaban J connectivity index is 3.13. The van der Waals surface area contributed by atoms with E-state index in [4.69, 9.17) is 4.74 Å². The summed E-state index contributed by atoms with van der Waals surface area (Å²) in [7, 11) is 1.50. The number of methoxy groups -OCH3 is 1. The van der Waals surface area contributed by atoms with Crippen LogP contribution < -0.4 is 0 Å². The quantitative estimate of drug-likeness (QED) is 0.784. The van der Waals surface area contributed by atoms with Gasteiger partial charge in [-0.15, -0.1) is 0 Å². The zero-order valence-corrected chi connectivity index (χ0v) is 10.6. The van der Waals surface area contributed by atoms with Gasteiger partial charge in [0.25, 0.3) is 5.78 Å². The minimum atomic E-state index is -4.88. The molecule has 0 radical (unpaired) electrons. The van der Waals surface area contributed by atoms with Crippen LogP contribution in [0.25, 0.3) is 0 Å². The van der Waals surface area contributed by atoms with Gasteiger partial charge < -0.3 is 4.74 Å². The van der Waals surface area contributed by atoms with Crippen molar-refractivity contribution in [1.29, 1.82) is 0 Å². The van der Waals surface area contributed by atoms with Crippen molar-refractivity contribution in [2.24, 2.45) is 0 Å². The number of nitrogens with zero attached hydrogens (tertiary/aromatic N) is 2. The van der Waals surface area contributed by atoms with E-state index < -0.39 is 12.0 Å². The highest BCUT2D eigenvalue weighted by Gasteiger charge is 2.42. The molecule has 1 aromatic heterocycles. The summed E-state index contributed by atoms with van der Waals surface area (Å²) in [5.74, 6) is -1.85. The molecule has 0 aliphatic carbocycles. The molecule has 7 heteroatoms. The second kappa shape index (κ2) is 5.09. The van der Waals surface area contributed by atoms with E-state index in [-0.39, 0.29) is 23.1 Å². The van der Waals surface area contributed by atoms with Crippen molar-refractivity contribution in [2.45, 2.75) is 39.6 Å². The molecule has 102 valence electrons. The van der Waals surface area contributed by atoms with Crippen LogP contribution in [0.3, 0.4) is 0 Å². The number of carbonyl (C=O) groups is 1. The van der Waals surface area contributed by atoms with Gasteiger partial charge in [-0.05, 0) is 20.8 Å². The lowest BCUT2D eigenvalue weighted by Crippen LogP contribution is -2.24. The van der Waals surface area contributed by atoms with Gasteiger partial charge in [0, 0.05) is 12.8 Å². The van der Waals surface area contributed by atoms with Crippen LogP contribution in [0.1, 0.15) is 28.7 Å². The summed E-state index contributed by atoms with van der Waals surface area (Å²) in [6, 6.07) is 0. The number of hydrogen-bond acceptors (Lipinski definition) is 3. The van der Waals surface area contributed by atoms with Gasteiger partial charge in [0.15, 0.2) is 0 Å². The molecule has 1 aromatic rings. The van der Waals surface area contributed by atoms with Crippen LogP contribution >= 0.6 is 0 Å². The van der Waals surface area contributed by atoms with Gasteiger partial charge in [0.1, 0.15) is 0 Å². The molecule has 0 amide bonds. The number of carbonyl (C=O) groups excluding carboxylic acids is 1. The number of hydrogen-bond donors (Lipinski definition) is 0. The Morgan fingerprint density at radius 3 is 2.44 bits per heavy atom. The Bertz CT molecular complexity index is 452. The fraction of sp³-hybridized carbons (Fsp3) is 0.636. The lowest BCUT2D eigenvalue weighted by molar-refractivity contribution is -0.0886. The molecule has 0 fully saturated rings. The predicted octanol–water partition coefficient (Wildman–Crippen LogP) is 2.28. The first kappa shape index (κ1) is 14.7. The highest BCUT2D eigenvalue weighted by atomic mass is 19.4. The molecule has 1 unspecified atom stereocenters. The summed E-state index contributed by atoms with van der Waals surface area (Å²) in [4.78, 5) is 11.3. The van der Waals surface area contributed by atoms with E-state index in [1.165, 1.54) is 25.6 Å². The zero-order chi connectivity index (χ0) is 14.1. The molecule has 0 aliphatic rings. The molecule has 0 spiro atoms. The minimum Gasteiger partial charge on any atom is -0.380 e. The molecule has 0 saturated heterocycles. The van der Waals surface area contributed by atoms with Gasteiger partial charge in [-0.1, -0.05) is 0 Å². The Morgan fingerprint density at radius 1 is 1.44 bits per heavy atom. The third-order valence-corrected chi connectivity index (χ3v) is 2.70. The highest BCUT2D eigenvalue weighted by molar-refractivity contribution is 6.02. The molecule has 4 nitrogen and oxygen atoms in total. The first-order valence-electron chi connectivity index (χ1n) is 5.36. The maximum atomic E-state index is 12.4. The molecule has 1 heterocycles. The summed E-state index contributed by atoms with van der Waals surface area (Å²) in [6.07, 6.45) is -5.08. The fourth-order valence-electron chi connectivity index (χ4n) is 1.66. The second-order valence-corrected chi connectivity index (χ2v) is 4.10. The number of Topliss-reactive ketones (excluding diaryl/α,β-unsaturated/α-hetero) is 1. The predicted molar refractivity (Wildman–Crippen MR) is 58.6 cm³/mol. The van der Waals surface area contributed by atoms with Gasteiger partial charge in [-0.3, -0.25) is 9.48 Å². The van der Waals surface area contributed by atoms with Crippen molar-refractivity contribution in [3.63, 3.8) is 0 Å². The SMILES string of the molecule is COC(C)Cn1nc(C)c(C(=O)C(F)(F)F)c1C. The molecule has 1 rings (SSSR count). The Morgan fingerprint density at radius 2 is 2.00 bits per heavy atom. The topological polar surface area (TPSA) is 44.1 Å². The van der Waals surface area contributed by atoms with Gasteiger partial charge in [-0.2, -0.15) is 18.3 Å². The normalized spacial score (nSPS) is 13.7. The Labute approximate surface area is 103 Å². The van der Waals surface area contributed by atoms with Crippen molar-refractivity contribution in [3.05, 3.63) is 17.0 Å². The molecule has 1 atom stereocenters. The largest absolute Gasteiger partial charge is 0.455 e. The summed E-state index contributed by atoms with van der Waals surface area (Å²) in [6.45, 7) is 4.90. The molecule has 18 heavy (non-hydrogen) atoms. The van der Waals surface area contributed by atoms with Crippen LogP contribution in [-0.4, -0.2) is 35.0 Å². The van der Waals surface area contributed by atoms with Crippen molar-refractivity contribution >= 4 is 5.78 Å². The summed E-state index contributed by atoms with van der Waals surface area (Å²) >= 11 is 0. The minimum absolute atomic E-state index is 0.0816. The lowest BCUT2D eigenvalue weighted by Gasteiger charge is -2.11. The molecule has 0 bridgehead atoms. The number of ether oxygens (including phenoxy) is 1. The van der Waals surface area contributed by atoms with Gasteiger partial charge in [0.05, 0.1) is 23.9 Å². The fourth-order valence-corrected chi connectivity index (χ4v) is 1.66. The number of aryl methyl sites for hydroxylation is 1. The van der Waals surface area contributed by atoms with E-state index in [2.05, 4.69) is 5.10 Å².